The van der Waals surface area contributed by atoms with Crippen molar-refractivity contribution in [1.29, 1.82) is 0 Å². The standard InChI is InChI=1S/C20H25N3O.HI/c1-13(2)14-7-9-15(10-8-14)18-12-19(18)23-20(21)22-16-5-4-6-17(11-16)24-3;/h4-11,13,18-19H,12H2,1-3H3,(H3,21,22,23);1H. The van der Waals surface area contributed by atoms with Gasteiger partial charge in [-0.1, -0.05) is 44.2 Å². The highest BCUT2D eigenvalue weighted by molar-refractivity contribution is 14.0. The van der Waals surface area contributed by atoms with E-state index in [9.17, 15) is 0 Å². The van der Waals surface area contributed by atoms with E-state index in [1.54, 1.807) is 7.11 Å². The van der Waals surface area contributed by atoms with Crippen molar-refractivity contribution in [3.63, 3.8) is 0 Å². The zero-order valence-corrected chi connectivity index (χ0v) is 17.2. The van der Waals surface area contributed by atoms with Crippen molar-refractivity contribution in [3.05, 3.63) is 59.7 Å². The zero-order valence-electron chi connectivity index (χ0n) is 14.9. The summed E-state index contributed by atoms with van der Waals surface area (Å²) in [5, 5.41) is 3.13. The molecular formula is C20H26IN3O. The fourth-order valence-corrected chi connectivity index (χ4v) is 2.87. The summed E-state index contributed by atoms with van der Waals surface area (Å²) in [4.78, 5) is 4.60. The van der Waals surface area contributed by atoms with E-state index < -0.39 is 0 Å². The molecule has 4 nitrogen and oxygen atoms in total. The molecule has 3 N–H and O–H groups in total. The van der Waals surface area contributed by atoms with Crippen LogP contribution in [-0.4, -0.2) is 19.1 Å². The molecule has 0 heterocycles. The summed E-state index contributed by atoms with van der Waals surface area (Å²) in [7, 11) is 1.65. The SMILES string of the molecule is COc1cccc(NC(N)=NC2CC2c2ccc(C(C)C)cc2)c1.I. The predicted molar refractivity (Wildman–Crippen MR) is 115 cm³/mol. The van der Waals surface area contributed by atoms with E-state index >= 15 is 0 Å². The Kier molecular flexibility index (Phi) is 6.70. The van der Waals surface area contributed by atoms with E-state index in [0.29, 0.717) is 17.8 Å². The number of benzene rings is 2. The molecule has 0 radical (unpaired) electrons. The lowest BCUT2D eigenvalue weighted by Gasteiger charge is -2.08. The molecule has 134 valence electrons. The number of ether oxygens (including phenoxy) is 1. The van der Waals surface area contributed by atoms with Crippen LogP contribution in [0.4, 0.5) is 5.69 Å². The lowest BCUT2D eigenvalue weighted by molar-refractivity contribution is 0.415. The molecule has 25 heavy (non-hydrogen) atoms. The fourth-order valence-electron chi connectivity index (χ4n) is 2.87. The van der Waals surface area contributed by atoms with Crippen LogP contribution in [0.15, 0.2) is 53.5 Å². The lowest BCUT2D eigenvalue weighted by Crippen LogP contribution is -2.23. The Hall–Kier alpha value is -1.76. The highest BCUT2D eigenvalue weighted by Gasteiger charge is 2.38. The molecular weight excluding hydrogens is 425 g/mol. The number of guanidine groups is 1. The van der Waals surface area contributed by atoms with Gasteiger partial charge in [0.1, 0.15) is 5.75 Å². The Bertz CT molecular complexity index is 728. The molecule has 0 aliphatic heterocycles. The molecule has 0 spiro atoms. The van der Waals surface area contributed by atoms with E-state index in [2.05, 4.69) is 48.4 Å². The fraction of sp³-hybridized carbons (Fsp3) is 0.350. The average molecular weight is 451 g/mol. The number of halogens is 1. The van der Waals surface area contributed by atoms with Crippen molar-refractivity contribution >= 4 is 35.6 Å². The van der Waals surface area contributed by atoms with Gasteiger partial charge in [-0.05, 0) is 35.6 Å². The Balaban J connectivity index is 0.00000225. The summed E-state index contributed by atoms with van der Waals surface area (Å²) < 4.78 is 5.21. The summed E-state index contributed by atoms with van der Waals surface area (Å²) in [5.74, 6) is 2.29. The van der Waals surface area contributed by atoms with Gasteiger partial charge in [0.25, 0.3) is 0 Å². The number of anilines is 1. The molecule has 2 aromatic carbocycles. The molecule has 3 rings (SSSR count). The van der Waals surface area contributed by atoms with Crippen molar-refractivity contribution < 1.29 is 4.74 Å². The number of rotatable bonds is 5. The van der Waals surface area contributed by atoms with E-state index in [4.69, 9.17) is 10.5 Å². The van der Waals surface area contributed by atoms with Crippen LogP contribution in [0.5, 0.6) is 5.75 Å². The molecule has 1 fully saturated rings. The number of nitrogens with zero attached hydrogens (tertiary/aromatic N) is 1. The van der Waals surface area contributed by atoms with E-state index in [0.717, 1.165) is 17.9 Å². The molecule has 5 heteroatoms. The second-order valence-electron chi connectivity index (χ2n) is 6.60. The number of methoxy groups -OCH3 is 1. The molecule has 0 amide bonds. The molecule has 1 saturated carbocycles. The van der Waals surface area contributed by atoms with Gasteiger partial charge < -0.3 is 15.8 Å². The number of aliphatic imine (C=N–C) groups is 1. The number of nitrogens with two attached hydrogens (primary N) is 1. The molecule has 1 aliphatic rings. The maximum absolute atomic E-state index is 6.04. The summed E-state index contributed by atoms with van der Waals surface area (Å²) >= 11 is 0. The largest absolute Gasteiger partial charge is 0.497 e. The molecule has 2 atom stereocenters. The van der Waals surface area contributed by atoms with Crippen molar-refractivity contribution in [1.82, 2.24) is 0 Å². The quantitative estimate of drug-likeness (QED) is 0.393. The van der Waals surface area contributed by atoms with E-state index in [1.807, 2.05) is 24.3 Å². The van der Waals surface area contributed by atoms with Gasteiger partial charge in [-0.3, -0.25) is 0 Å². The first kappa shape index (κ1) is 19.6. The molecule has 0 aromatic heterocycles. The van der Waals surface area contributed by atoms with Crippen LogP contribution in [0.3, 0.4) is 0 Å². The molecule has 2 aromatic rings. The second-order valence-corrected chi connectivity index (χ2v) is 6.60. The lowest BCUT2D eigenvalue weighted by atomic mass is 10.0. The minimum Gasteiger partial charge on any atom is -0.497 e. The van der Waals surface area contributed by atoms with Crippen molar-refractivity contribution in [2.45, 2.75) is 38.1 Å². The predicted octanol–water partition coefficient (Wildman–Crippen LogP) is 4.72. The van der Waals surface area contributed by atoms with Gasteiger partial charge in [0.15, 0.2) is 5.96 Å². The highest BCUT2D eigenvalue weighted by Crippen LogP contribution is 2.43. The van der Waals surface area contributed by atoms with Gasteiger partial charge in [0.2, 0.25) is 0 Å². The first-order chi connectivity index (χ1) is 11.6. The monoisotopic (exact) mass is 451 g/mol. The number of nitrogens with one attached hydrogen (secondary N) is 1. The van der Waals surface area contributed by atoms with Crippen LogP contribution in [0.25, 0.3) is 0 Å². The van der Waals surface area contributed by atoms with Gasteiger partial charge in [-0.25, -0.2) is 4.99 Å². The summed E-state index contributed by atoms with van der Waals surface area (Å²) in [6.45, 7) is 4.42. The maximum Gasteiger partial charge on any atom is 0.193 e. The third-order valence-electron chi connectivity index (χ3n) is 4.44. The van der Waals surface area contributed by atoms with Crippen LogP contribution in [0.2, 0.25) is 0 Å². The normalized spacial score (nSPS) is 19.3. The van der Waals surface area contributed by atoms with E-state index in [1.165, 1.54) is 11.1 Å². The minimum atomic E-state index is 0. The van der Waals surface area contributed by atoms with Crippen molar-refractivity contribution in [3.8, 4) is 5.75 Å². The van der Waals surface area contributed by atoms with Crippen molar-refractivity contribution in [2.75, 3.05) is 12.4 Å². The summed E-state index contributed by atoms with van der Waals surface area (Å²) in [5.41, 5.74) is 9.65. The minimum absolute atomic E-state index is 0. The Labute approximate surface area is 166 Å². The third-order valence-corrected chi connectivity index (χ3v) is 4.44. The topological polar surface area (TPSA) is 59.6 Å². The smallest absolute Gasteiger partial charge is 0.193 e. The van der Waals surface area contributed by atoms with E-state index in [-0.39, 0.29) is 30.0 Å². The summed E-state index contributed by atoms with van der Waals surface area (Å²) in [6, 6.07) is 16.8. The Morgan fingerprint density at radius 1 is 1.20 bits per heavy atom. The van der Waals surface area contributed by atoms with Gasteiger partial charge in [-0.2, -0.15) is 0 Å². The molecule has 2 unspecified atom stereocenters. The second kappa shape index (κ2) is 8.56. The zero-order chi connectivity index (χ0) is 17.1. The van der Waals surface area contributed by atoms with Gasteiger partial charge in [0, 0.05) is 17.7 Å². The molecule has 0 bridgehead atoms. The van der Waals surface area contributed by atoms with Crippen LogP contribution in [0, 0.1) is 0 Å². The summed E-state index contributed by atoms with van der Waals surface area (Å²) in [6.07, 6.45) is 1.06. The van der Waals surface area contributed by atoms with Gasteiger partial charge >= 0.3 is 0 Å². The maximum atomic E-state index is 6.04. The van der Waals surface area contributed by atoms with Crippen LogP contribution in [0.1, 0.15) is 43.2 Å². The first-order valence-electron chi connectivity index (χ1n) is 8.41. The number of hydrogen-bond donors (Lipinski definition) is 2. The highest BCUT2D eigenvalue weighted by atomic mass is 127. The Morgan fingerprint density at radius 2 is 1.92 bits per heavy atom. The van der Waals surface area contributed by atoms with Crippen LogP contribution >= 0.6 is 24.0 Å². The van der Waals surface area contributed by atoms with Crippen LogP contribution < -0.4 is 15.8 Å². The van der Waals surface area contributed by atoms with Crippen LogP contribution in [-0.2, 0) is 0 Å². The van der Waals surface area contributed by atoms with Crippen molar-refractivity contribution in [2.24, 2.45) is 10.7 Å². The third kappa shape index (κ3) is 5.11. The average Bonchev–Trinajstić information content (AvgIpc) is 3.34. The van der Waals surface area contributed by atoms with Gasteiger partial charge in [-0.15, -0.1) is 24.0 Å². The number of hydrogen-bond acceptors (Lipinski definition) is 2. The molecule has 0 saturated heterocycles. The van der Waals surface area contributed by atoms with Gasteiger partial charge in [0.05, 0.1) is 13.2 Å². The molecule has 1 aliphatic carbocycles. The first-order valence-corrected chi connectivity index (χ1v) is 8.41. The Morgan fingerprint density at radius 3 is 2.56 bits per heavy atom.